The van der Waals surface area contributed by atoms with Gasteiger partial charge in [-0.25, -0.2) is 4.98 Å². The number of hydrogen-bond acceptors (Lipinski definition) is 3. The summed E-state index contributed by atoms with van der Waals surface area (Å²) < 4.78 is -0.877. The minimum atomic E-state index is -0.877. The Morgan fingerprint density at radius 2 is 2.12 bits per heavy atom. The van der Waals surface area contributed by atoms with Crippen LogP contribution < -0.4 is 0 Å². The molecule has 0 saturated carbocycles. The topological polar surface area (TPSA) is 50.2 Å². The Hall–Kier alpha value is -0.450. The molecule has 1 aromatic rings. The molecule has 0 unspecified atom stereocenters. The van der Waals surface area contributed by atoms with E-state index >= 15 is 0 Å². The second-order valence-corrected chi connectivity index (χ2v) is 6.48. The smallest absolute Gasteiger partial charge is 0.319 e. The maximum Gasteiger partial charge on any atom is 0.319 e. The lowest BCUT2D eigenvalue weighted by atomic mass is 10.2. The maximum absolute atomic E-state index is 11.0. The van der Waals surface area contributed by atoms with E-state index in [1.165, 1.54) is 11.8 Å². The quantitative estimate of drug-likeness (QED) is 0.858. The summed E-state index contributed by atoms with van der Waals surface area (Å²) in [4.78, 5) is 15.1. The monoisotopic (exact) mass is 293 g/mol. The fraction of sp³-hybridized carbons (Fsp3) is 0.455. The molecule has 1 rings (SSSR count). The van der Waals surface area contributed by atoms with Crippen molar-refractivity contribution >= 4 is 40.9 Å². The lowest BCUT2D eigenvalue weighted by Gasteiger charge is -2.19. The summed E-state index contributed by atoms with van der Waals surface area (Å²) in [5, 5.41) is 9.86. The predicted octanol–water partition coefficient (Wildman–Crippen LogP) is 3.79. The number of aromatic nitrogens is 1. The van der Waals surface area contributed by atoms with E-state index in [1.54, 1.807) is 26.8 Å². The number of rotatable bonds is 4. The molecule has 0 aliphatic heterocycles. The van der Waals surface area contributed by atoms with Crippen molar-refractivity contribution in [1.82, 2.24) is 4.98 Å². The Morgan fingerprint density at radius 1 is 1.53 bits per heavy atom. The number of carboxylic acids is 1. The molecule has 1 N–H and O–H groups in total. The van der Waals surface area contributed by atoms with Gasteiger partial charge in [-0.3, -0.25) is 4.79 Å². The first-order valence-corrected chi connectivity index (χ1v) is 6.67. The highest BCUT2D eigenvalue weighted by Gasteiger charge is 2.28. The molecule has 0 aliphatic carbocycles. The Bertz CT molecular complexity index is 426. The third kappa shape index (κ3) is 3.76. The Labute approximate surface area is 115 Å². The lowest BCUT2D eigenvalue weighted by Crippen LogP contribution is -2.27. The summed E-state index contributed by atoms with van der Waals surface area (Å²) in [5.41, 5.74) is 1.42. The summed E-state index contributed by atoms with van der Waals surface area (Å²) >= 11 is 13.3. The SMILES string of the molecule is Cc1cc(Cl)c(CSC(C)(C)C(=O)O)c(Cl)n1. The zero-order valence-corrected chi connectivity index (χ0v) is 12.1. The molecule has 6 heteroatoms. The highest BCUT2D eigenvalue weighted by atomic mass is 35.5. The summed E-state index contributed by atoms with van der Waals surface area (Å²) in [5.74, 6) is -0.445. The van der Waals surface area contributed by atoms with Crippen LogP contribution in [0, 0.1) is 6.92 Å². The van der Waals surface area contributed by atoms with Crippen molar-refractivity contribution in [3.8, 4) is 0 Å². The van der Waals surface area contributed by atoms with Crippen LogP contribution in [0.5, 0.6) is 0 Å². The number of carboxylic acid groups (broad SMARTS) is 1. The van der Waals surface area contributed by atoms with E-state index in [0.717, 1.165) is 5.69 Å². The largest absolute Gasteiger partial charge is 0.480 e. The third-order valence-corrected chi connectivity index (χ3v) is 4.22. The van der Waals surface area contributed by atoms with Crippen LogP contribution in [0.15, 0.2) is 6.07 Å². The van der Waals surface area contributed by atoms with Gasteiger partial charge in [0.15, 0.2) is 0 Å². The van der Waals surface area contributed by atoms with Crippen LogP contribution in [0.1, 0.15) is 25.1 Å². The van der Waals surface area contributed by atoms with Crippen LogP contribution in [-0.2, 0) is 10.5 Å². The molecule has 94 valence electrons. The first-order valence-electron chi connectivity index (χ1n) is 4.93. The van der Waals surface area contributed by atoms with E-state index in [0.29, 0.717) is 21.5 Å². The fourth-order valence-corrected chi connectivity index (χ4v) is 2.81. The Balaban J connectivity index is 2.87. The first kappa shape index (κ1) is 14.6. The van der Waals surface area contributed by atoms with Gasteiger partial charge in [-0.1, -0.05) is 23.2 Å². The van der Waals surface area contributed by atoms with Crippen LogP contribution in [0.3, 0.4) is 0 Å². The predicted molar refractivity (Wildman–Crippen MR) is 72.0 cm³/mol. The second-order valence-electron chi connectivity index (χ2n) is 4.12. The lowest BCUT2D eigenvalue weighted by molar-refractivity contribution is -0.138. The Morgan fingerprint density at radius 3 is 2.59 bits per heavy atom. The van der Waals surface area contributed by atoms with Crippen molar-refractivity contribution in [3.05, 3.63) is 27.5 Å². The molecule has 0 saturated heterocycles. The molecule has 0 amide bonds. The molecule has 0 radical (unpaired) electrons. The van der Waals surface area contributed by atoms with Crippen LogP contribution >= 0.6 is 35.0 Å². The van der Waals surface area contributed by atoms with Crippen molar-refractivity contribution in [2.75, 3.05) is 0 Å². The normalized spacial score (nSPS) is 11.6. The van der Waals surface area contributed by atoms with Gasteiger partial charge in [0.2, 0.25) is 0 Å². The van der Waals surface area contributed by atoms with Gasteiger partial charge >= 0.3 is 5.97 Å². The molecule has 0 bridgehead atoms. The fourth-order valence-electron chi connectivity index (χ4n) is 1.07. The zero-order chi connectivity index (χ0) is 13.2. The Kier molecular flexibility index (Phi) is 4.69. The van der Waals surface area contributed by atoms with Crippen LogP contribution in [0.2, 0.25) is 10.2 Å². The molecule has 0 atom stereocenters. The minimum Gasteiger partial charge on any atom is -0.480 e. The van der Waals surface area contributed by atoms with Gasteiger partial charge in [0.1, 0.15) is 9.90 Å². The molecule has 1 heterocycles. The van der Waals surface area contributed by atoms with Gasteiger partial charge < -0.3 is 5.11 Å². The molecule has 0 aliphatic rings. The summed E-state index contributed by atoms with van der Waals surface area (Å²) in [6.45, 7) is 5.09. The molecule has 17 heavy (non-hydrogen) atoms. The maximum atomic E-state index is 11.0. The van der Waals surface area contributed by atoms with Crippen molar-refractivity contribution in [3.63, 3.8) is 0 Å². The van der Waals surface area contributed by atoms with Crippen molar-refractivity contribution < 1.29 is 9.90 Å². The van der Waals surface area contributed by atoms with Gasteiger partial charge in [0.25, 0.3) is 0 Å². The zero-order valence-electron chi connectivity index (χ0n) is 9.75. The van der Waals surface area contributed by atoms with Crippen LogP contribution in [0.4, 0.5) is 0 Å². The first-order chi connectivity index (χ1) is 7.74. The molecule has 3 nitrogen and oxygen atoms in total. The van der Waals surface area contributed by atoms with Gasteiger partial charge in [-0.15, -0.1) is 11.8 Å². The molecule has 1 aromatic heterocycles. The van der Waals surface area contributed by atoms with Gasteiger partial charge in [0.05, 0.1) is 0 Å². The number of pyridine rings is 1. The van der Waals surface area contributed by atoms with E-state index in [-0.39, 0.29) is 0 Å². The third-order valence-electron chi connectivity index (χ3n) is 2.24. The van der Waals surface area contributed by atoms with Crippen molar-refractivity contribution in [1.29, 1.82) is 0 Å². The molecule has 0 aromatic carbocycles. The number of aliphatic carboxylic acids is 1. The van der Waals surface area contributed by atoms with Gasteiger partial charge in [-0.05, 0) is 26.8 Å². The number of aryl methyl sites for hydroxylation is 1. The van der Waals surface area contributed by atoms with E-state index < -0.39 is 10.7 Å². The van der Waals surface area contributed by atoms with Crippen LogP contribution in [0.25, 0.3) is 0 Å². The molecule has 0 fully saturated rings. The average Bonchev–Trinajstić information content (AvgIpc) is 2.15. The number of thioether (sulfide) groups is 1. The summed E-state index contributed by atoms with van der Waals surface area (Å²) in [7, 11) is 0. The highest BCUT2D eigenvalue weighted by molar-refractivity contribution is 8.00. The number of hydrogen-bond donors (Lipinski definition) is 1. The molecular formula is C11H13Cl2NO2S. The molecular weight excluding hydrogens is 281 g/mol. The average molecular weight is 294 g/mol. The van der Waals surface area contributed by atoms with E-state index in [9.17, 15) is 4.79 Å². The standard InChI is InChI=1S/C11H13Cl2NO2S/c1-6-4-8(12)7(9(13)14-6)5-17-11(2,3)10(15)16/h4H,5H2,1-3H3,(H,15,16). The van der Waals surface area contributed by atoms with Crippen LogP contribution in [-0.4, -0.2) is 20.8 Å². The number of halogens is 2. The summed E-state index contributed by atoms with van der Waals surface area (Å²) in [6, 6.07) is 1.72. The van der Waals surface area contributed by atoms with Crippen molar-refractivity contribution in [2.45, 2.75) is 31.3 Å². The minimum absolute atomic E-state index is 0.337. The second kappa shape index (κ2) is 5.46. The summed E-state index contributed by atoms with van der Waals surface area (Å²) in [6.07, 6.45) is 0. The van der Waals surface area contributed by atoms with E-state index in [1.807, 2.05) is 0 Å². The van der Waals surface area contributed by atoms with Gasteiger partial charge in [-0.2, -0.15) is 0 Å². The van der Waals surface area contributed by atoms with Crippen molar-refractivity contribution in [2.24, 2.45) is 0 Å². The number of carbonyl (C=O) groups is 1. The van der Waals surface area contributed by atoms with E-state index in [2.05, 4.69) is 4.98 Å². The van der Waals surface area contributed by atoms with Gasteiger partial charge in [0, 0.05) is 22.0 Å². The molecule has 0 spiro atoms. The highest BCUT2D eigenvalue weighted by Crippen LogP contribution is 2.33. The van der Waals surface area contributed by atoms with E-state index in [4.69, 9.17) is 28.3 Å². The number of nitrogens with zero attached hydrogens (tertiary/aromatic N) is 1.